The van der Waals surface area contributed by atoms with E-state index in [-0.39, 0.29) is 29.1 Å². The van der Waals surface area contributed by atoms with Gasteiger partial charge in [-0.05, 0) is 25.1 Å². The van der Waals surface area contributed by atoms with Gasteiger partial charge in [0.1, 0.15) is 23.4 Å². The molecule has 2 aromatic rings. The maximum absolute atomic E-state index is 13.2. The number of aryl methyl sites for hydroxylation is 1. The molecule has 1 fully saturated rings. The van der Waals surface area contributed by atoms with Gasteiger partial charge in [-0.1, -0.05) is 11.6 Å². The van der Waals surface area contributed by atoms with E-state index in [1.54, 1.807) is 13.0 Å². The van der Waals surface area contributed by atoms with Crippen LogP contribution in [0, 0.1) is 12.7 Å². The lowest BCUT2D eigenvalue weighted by Crippen LogP contribution is -2.58. The average molecular weight is 431 g/mol. The number of nitrogens with zero attached hydrogens (tertiary/aromatic N) is 1. The molecule has 1 saturated heterocycles. The summed E-state index contributed by atoms with van der Waals surface area (Å²) in [7, 11) is -4.01. The fraction of sp³-hybridized carbons (Fsp3) is 0.294. The first-order chi connectivity index (χ1) is 13.1. The number of nitrogens with one attached hydrogen (secondary N) is 1. The zero-order valence-corrected chi connectivity index (χ0v) is 16.2. The lowest BCUT2D eigenvalue weighted by molar-refractivity contribution is -0.138. The molecule has 1 N–H and O–H groups in total. The van der Waals surface area contributed by atoms with Crippen molar-refractivity contribution in [1.29, 1.82) is 0 Å². The van der Waals surface area contributed by atoms with Crippen molar-refractivity contribution >= 4 is 27.5 Å². The summed E-state index contributed by atoms with van der Waals surface area (Å²) in [5, 5.41) is -0.331. The normalized spacial score (nSPS) is 14.6. The van der Waals surface area contributed by atoms with Crippen LogP contribution < -0.4 is 15.1 Å². The minimum absolute atomic E-state index is 0.241. The molecule has 0 unspecified atom stereocenters. The maximum Gasteiger partial charge on any atom is 0.339 e. The topological polar surface area (TPSA) is 106 Å². The number of sulfonamides is 1. The highest BCUT2D eigenvalue weighted by Gasteiger charge is 2.33. The van der Waals surface area contributed by atoms with Gasteiger partial charge in [0.05, 0.1) is 35.6 Å². The SMILES string of the molecule is Cc1cc(OC2CN(C(=O)CNS(=O)(=O)c3ccc(F)c(Cl)c3)C2)cc(=O)o1. The largest absolute Gasteiger partial charge is 0.486 e. The van der Waals surface area contributed by atoms with Gasteiger partial charge in [-0.3, -0.25) is 4.79 Å². The Labute approximate surface area is 164 Å². The van der Waals surface area contributed by atoms with E-state index >= 15 is 0 Å². The van der Waals surface area contributed by atoms with E-state index in [4.69, 9.17) is 20.8 Å². The van der Waals surface area contributed by atoms with E-state index in [0.717, 1.165) is 18.2 Å². The van der Waals surface area contributed by atoms with Crippen LogP contribution in [0.5, 0.6) is 5.75 Å². The highest BCUT2D eigenvalue weighted by atomic mass is 35.5. The van der Waals surface area contributed by atoms with Gasteiger partial charge in [0.25, 0.3) is 0 Å². The smallest absolute Gasteiger partial charge is 0.339 e. The van der Waals surface area contributed by atoms with Crippen LogP contribution in [0.25, 0.3) is 0 Å². The first-order valence-electron chi connectivity index (χ1n) is 8.15. The van der Waals surface area contributed by atoms with Gasteiger partial charge >= 0.3 is 5.63 Å². The first kappa shape index (κ1) is 20.3. The molecule has 0 aliphatic carbocycles. The number of hydrogen-bond acceptors (Lipinski definition) is 6. The summed E-state index contributed by atoms with van der Waals surface area (Å²) in [5.74, 6) is -0.431. The van der Waals surface area contributed by atoms with E-state index in [1.807, 2.05) is 0 Å². The molecule has 28 heavy (non-hydrogen) atoms. The standard InChI is InChI=1S/C17H16ClFN2O6S/c1-10-4-11(5-17(23)26-10)27-12-8-21(9-12)16(22)7-20-28(24,25)13-2-3-15(19)14(18)6-13/h2-6,12,20H,7-9H2,1H3. The summed E-state index contributed by atoms with van der Waals surface area (Å²) < 4.78 is 50.1. The molecule has 1 aliphatic heterocycles. The lowest BCUT2D eigenvalue weighted by atomic mass is 10.1. The van der Waals surface area contributed by atoms with Gasteiger partial charge in [0.2, 0.25) is 15.9 Å². The molecule has 150 valence electrons. The first-order valence-corrected chi connectivity index (χ1v) is 10.0. The van der Waals surface area contributed by atoms with Crippen molar-refractivity contribution in [2.75, 3.05) is 19.6 Å². The fourth-order valence-electron chi connectivity index (χ4n) is 2.55. The highest BCUT2D eigenvalue weighted by Crippen LogP contribution is 2.20. The number of hydrogen-bond donors (Lipinski definition) is 1. The molecular weight excluding hydrogens is 415 g/mol. The molecule has 0 spiro atoms. The summed E-state index contributed by atoms with van der Waals surface area (Å²) in [4.78, 5) is 24.6. The summed E-state index contributed by atoms with van der Waals surface area (Å²) in [6.07, 6.45) is -0.308. The number of amides is 1. The second-order valence-electron chi connectivity index (χ2n) is 6.16. The Morgan fingerprint density at radius 2 is 2.07 bits per heavy atom. The van der Waals surface area contributed by atoms with Crippen LogP contribution in [0.4, 0.5) is 4.39 Å². The van der Waals surface area contributed by atoms with Crippen molar-refractivity contribution in [1.82, 2.24) is 9.62 Å². The van der Waals surface area contributed by atoms with E-state index in [1.165, 1.54) is 11.0 Å². The van der Waals surface area contributed by atoms with E-state index in [9.17, 15) is 22.4 Å². The van der Waals surface area contributed by atoms with Crippen molar-refractivity contribution in [3.8, 4) is 5.75 Å². The Balaban J connectivity index is 1.51. The predicted octanol–water partition coefficient (Wildman–Crippen LogP) is 1.31. The third-order valence-corrected chi connectivity index (χ3v) is 5.67. The van der Waals surface area contributed by atoms with Gasteiger partial charge in [0, 0.05) is 6.07 Å². The number of carbonyl (C=O) groups excluding carboxylic acids is 1. The van der Waals surface area contributed by atoms with Gasteiger partial charge < -0.3 is 14.1 Å². The number of ether oxygens (including phenoxy) is 1. The van der Waals surface area contributed by atoms with Crippen molar-refractivity contribution in [3.63, 3.8) is 0 Å². The Hall–Kier alpha value is -2.43. The molecule has 1 amide bonds. The van der Waals surface area contributed by atoms with Crippen molar-refractivity contribution in [2.24, 2.45) is 0 Å². The zero-order valence-electron chi connectivity index (χ0n) is 14.6. The number of rotatable bonds is 6. The maximum atomic E-state index is 13.2. The van der Waals surface area contributed by atoms with Gasteiger partial charge in [0.15, 0.2) is 0 Å². The summed E-state index contributed by atoms with van der Waals surface area (Å²) in [6.45, 7) is 1.66. The highest BCUT2D eigenvalue weighted by molar-refractivity contribution is 7.89. The minimum Gasteiger partial charge on any atom is -0.486 e. The predicted molar refractivity (Wildman–Crippen MR) is 97.3 cm³/mol. The number of halogens is 2. The Bertz CT molecular complexity index is 1070. The van der Waals surface area contributed by atoms with E-state index in [0.29, 0.717) is 11.5 Å². The lowest BCUT2D eigenvalue weighted by Gasteiger charge is -2.38. The van der Waals surface area contributed by atoms with Crippen molar-refractivity contribution < 1.29 is 26.8 Å². The van der Waals surface area contributed by atoms with Crippen LogP contribution >= 0.6 is 11.6 Å². The molecule has 2 heterocycles. The Morgan fingerprint density at radius 3 is 2.71 bits per heavy atom. The molecule has 0 radical (unpaired) electrons. The fourth-order valence-corrected chi connectivity index (χ4v) is 3.79. The summed E-state index contributed by atoms with van der Waals surface area (Å²) >= 11 is 5.58. The quantitative estimate of drug-likeness (QED) is 0.740. The van der Waals surface area contributed by atoms with E-state index in [2.05, 4.69) is 4.72 Å². The van der Waals surface area contributed by atoms with Crippen LogP contribution in [0.15, 0.2) is 44.4 Å². The molecule has 0 atom stereocenters. The molecular formula is C17H16ClFN2O6S. The summed E-state index contributed by atoms with van der Waals surface area (Å²) in [5.41, 5.74) is -0.530. The number of carbonyl (C=O) groups is 1. The van der Waals surface area contributed by atoms with Crippen molar-refractivity contribution in [3.05, 3.63) is 57.4 Å². The molecule has 1 aromatic heterocycles. The van der Waals surface area contributed by atoms with Crippen LogP contribution in [-0.2, 0) is 14.8 Å². The molecule has 3 rings (SSSR count). The van der Waals surface area contributed by atoms with Crippen LogP contribution in [0.3, 0.4) is 0 Å². The Morgan fingerprint density at radius 1 is 1.36 bits per heavy atom. The van der Waals surface area contributed by atoms with Crippen LogP contribution in [-0.4, -0.2) is 45.0 Å². The molecule has 1 aliphatic rings. The Kier molecular flexibility index (Phi) is 5.73. The monoisotopic (exact) mass is 430 g/mol. The third kappa shape index (κ3) is 4.70. The third-order valence-electron chi connectivity index (χ3n) is 3.99. The molecule has 0 bridgehead atoms. The number of likely N-dealkylation sites (tertiary alicyclic amines) is 1. The second-order valence-corrected chi connectivity index (χ2v) is 8.34. The second kappa shape index (κ2) is 7.90. The average Bonchev–Trinajstić information content (AvgIpc) is 2.57. The van der Waals surface area contributed by atoms with Crippen LogP contribution in [0.2, 0.25) is 5.02 Å². The van der Waals surface area contributed by atoms with Crippen LogP contribution in [0.1, 0.15) is 5.76 Å². The van der Waals surface area contributed by atoms with Gasteiger partial charge in [-0.2, -0.15) is 0 Å². The van der Waals surface area contributed by atoms with Gasteiger partial charge in [-0.25, -0.2) is 22.3 Å². The molecule has 11 heteroatoms. The number of benzene rings is 1. The van der Waals surface area contributed by atoms with Crippen molar-refractivity contribution in [2.45, 2.75) is 17.9 Å². The van der Waals surface area contributed by atoms with E-state index < -0.39 is 33.9 Å². The minimum atomic E-state index is -4.01. The zero-order chi connectivity index (χ0) is 20.5. The molecule has 0 saturated carbocycles. The molecule has 1 aromatic carbocycles. The summed E-state index contributed by atoms with van der Waals surface area (Å²) in [6, 6.07) is 5.73. The van der Waals surface area contributed by atoms with Gasteiger partial charge in [-0.15, -0.1) is 0 Å². The molecule has 8 nitrogen and oxygen atoms in total.